The molecular weight excluding hydrogens is 485 g/mol. The van der Waals surface area contributed by atoms with E-state index in [9.17, 15) is 4.79 Å². The van der Waals surface area contributed by atoms with Crippen molar-refractivity contribution in [2.24, 2.45) is 0 Å². The van der Waals surface area contributed by atoms with E-state index in [2.05, 4.69) is 24.4 Å². The van der Waals surface area contributed by atoms with Gasteiger partial charge in [-0.1, -0.05) is 42.8 Å². The van der Waals surface area contributed by atoms with Crippen LogP contribution in [0.4, 0.5) is 4.39 Å². The number of carbonyl (C=O) groups is 1. The first-order valence-corrected chi connectivity index (χ1v) is 13.7. The Hall–Kier alpha value is -1.86. The molecule has 1 N–H and O–H groups in total. The third kappa shape index (κ3) is 6.48. The molecule has 1 unspecified atom stereocenters. The number of halogens is 2. The van der Waals surface area contributed by atoms with Gasteiger partial charge in [0.1, 0.15) is 11.4 Å². The summed E-state index contributed by atoms with van der Waals surface area (Å²) in [6.07, 6.45) is 5.72. The predicted octanol–water partition coefficient (Wildman–Crippen LogP) is 6.72. The molecule has 188 valence electrons. The Morgan fingerprint density at radius 2 is 1.97 bits per heavy atom. The highest BCUT2D eigenvalue weighted by atomic mass is 35.5. The van der Waals surface area contributed by atoms with E-state index in [1.807, 2.05) is 18.2 Å². The van der Waals surface area contributed by atoms with Gasteiger partial charge in [-0.25, -0.2) is 4.39 Å². The van der Waals surface area contributed by atoms with Crippen molar-refractivity contribution in [3.8, 4) is 0 Å². The lowest BCUT2D eigenvalue weighted by Gasteiger charge is -2.41. The molecule has 2 aromatic rings. The minimum absolute atomic E-state index is 0.00822. The topological polar surface area (TPSA) is 47.6 Å². The number of thioether (sulfide) groups is 1. The summed E-state index contributed by atoms with van der Waals surface area (Å²) in [6.45, 7) is 4.89. The van der Waals surface area contributed by atoms with Gasteiger partial charge in [0.2, 0.25) is 5.91 Å². The zero-order valence-corrected chi connectivity index (χ0v) is 21.9. The first-order chi connectivity index (χ1) is 16.9. The summed E-state index contributed by atoms with van der Waals surface area (Å²) in [4.78, 5) is 13.8. The van der Waals surface area contributed by atoms with Crippen molar-refractivity contribution in [2.75, 3.05) is 19.0 Å². The summed E-state index contributed by atoms with van der Waals surface area (Å²) in [7, 11) is 0. The monoisotopic (exact) mass is 517 g/mol. The van der Waals surface area contributed by atoms with Crippen LogP contribution in [0.1, 0.15) is 55.7 Å². The SMILES string of the molecule is CCSc1ccc(CC(=O)NC2=CCC(OC3(c4ccc(Cl)c(C)c4F)CCOCC3)CC2)cc1. The van der Waals surface area contributed by atoms with E-state index < -0.39 is 5.60 Å². The van der Waals surface area contributed by atoms with Crippen LogP contribution >= 0.6 is 23.4 Å². The van der Waals surface area contributed by atoms with Gasteiger partial charge >= 0.3 is 0 Å². The van der Waals surface area contributed by atoms with Gasteiger partial charge in [-0.3, -0.25) is 4.79 Å². The molecule has 2 aliphatic rings. The second kappa shape index (κ2) is 11.9. The van der Waals surface area contributed by atoms with Gasteiger partial charge in [0.25, 0.3) is 0 Å². The molecule has 2 aromatic carbocycles. The molecule has 1 heterocycles. The number of hydrogen-bond acceptors (Lipinski definition) is 4. The number of carbonyl (C=O) groups excluding carboxylic acids is 1. The van der Waals surface area contributed by atoms with Crippen molar-refractivity contribution in [2.45, 2.75) is 69.0 Å². The van der Waals surface area contributed by atoms with Crippen molar-refractivity contribution in [1.29, 1.82) is 0 Å². The van der Waals surface area contributed by atoms with Gasteiger partial charge in [-0.05, 0) is 55.7 Å². The van der Waals surface area contributed by atoms with Gasteiger partial charge in [-0.15, -0.1) is 11.8 Å². The summed E-state index contributed by atoms with van der Waals surface area (Å²) in [5, 5.41) is 3.48. The Morgan fingerprint density at radius 3 is 2.63 bits per heavy atom. The van der Waals surface area contributed by atoms with Gasteiger partial charge in [0.05, 0.1) is 12.5 Å². The average Bonchev–Trinajstić information content (AvgIpc) is 2.86. The van der Waals surface area contributed by atoms with Gasteiger partial charge in [0, 0.05) is 52.8 Å². The Bertz CT molecular complexity index is 1070. The van der Waals surface area contributed by atoms with E-state index in [0.717, 1.165) is 29.9 Å². The zero-order valence-electron chi connectivity index (χ0n) is 20.4. The fourth-order valence-corrected chi connectivity index (χ4v) is 5.60. The van der Waals surface area contributed by atoms with Gasteiger partial charge in [0.15, 0.2) is 0 Å². The number of ether oxygens (including phenoxy) is 2. The second-order valence-electron chi connectivity index (χ2n) is 9.19. The van der Waals surface area contributed by atoms with Crippen LogP contribution in [0.2, 0.25) is 5.02 Å². The number of allylic oxidation sites excluding steroid dienone is 1. The van der Waals surface area contributed by atoms with E-state index in [1.165, 1.54) is 4.90 Å². The van der Waals surface area contributed by atoms with Crippen LogP contribution in [0.15, 0.2) is 53.1 Å². The third-order valence-electron chi connectivity index (χ3n) is 6.77. The Labute approximate surface area is 216 Å². The van der Waals surface area contributed by atoms with Crippen LogP contribution in [0.3, 0.4) is 0 Å². The maximum Gasteiger partial charge on any atom is 0.228 e. The molecule has 0 radical (unpaired) electrons. The molecular formula is C28H33ClFNO3S. The molecule has 4 nitrogen and oxygen atoms in total. The van der Waals surface area contributed by atoms with E-state index in [4.69, 9.17) is 21.1 Å². The smallest absolute Gasteiger partial charge is 0.228 e. The lowest BCUT2D eigenvalue weighted by Crippen LogP contribution is -2.41. The number of benzene rings is 2. The number of hydrogen-bond donors (Lipinski definition) is 1. The molecule has 1 fully saturated rings. The van der Waals surface area contributed by atoms with E-state index in [1.54, 1.807) is 30.8 Å². The normalized spacial score (nSPS) is 19.8. The first kappa shape index (κ1) is 26.2. The summed E-state index contributed by atoms with van der Waals surface area (Å²) < 4.78 is 27.4. The number of amides is 1. The molecule has 1 atom stereocenters. The minimum Gasteiger partial charge on any atom is -0.381 e. The highest BCUT2D eigenvalue weighted by Crippen LogP contribution is 2.42. The Balaban J connectivity index is 1.37. The molecule has 4 rings (SSSR count). The van der Waals surface area contributed by atoms with Crippen LogP contribution in [-0.4, -0.2) is 31.0 Å². The van der Waals surface area contributed by atoms with Gasteiger partial charge in [-0.2, -0.15) is 0 Å². The molecule has 7 heteroatoms. The molecule has 0 bridgehead atoms. The zero-order chi connectivity index (χ0) is 24.8. The minimum atomic E-state index is -0.723. The van der Waals surface area contributed by atoms with Crippen molar-refractivity contribution in [1.82, 2.24) is 5.32 Å². The van der Waals surface area contributed by atoms with E-state index >= 15 is 4.39 Å². The van der Waals surface area contributed by atoms with Gasteiger partial charge < -0.3 is 14.8 Å². The highest BCUT2D eigenvalue weighted by molar-refractivity contribution is 7.99. The average molecular weight is 518 g/mol. The third-order valence-corrected chi connectivity index (χ3v) is 8.07. The molecule has 35 heavy (non-hydrogen) atoms. The summed E-state index contributed by atoms with van der Waals surface area (Å²) in [5.74, 6) is 0.730. The molecule has 0 aromatic heterocycles. The maximum absolute atomic E-state index is 15.2. The molecule has 1 amide bonds. The van der Waals surface area contributed by atoms with Crippen molar-refractivity contribution in [3.63, 3.8) is 0 Å². The standard InChI is InChI=1S/C28H33ClFNO3S/c1-3-35-23-10-4-20(5-11-23)18-26(32)31-21-6-8-22(9-7-21)34-28(14-16-33-17-15-28)24-12-13-25(29)19(2)27(24)30/h4-6,10-13,22H,3,7-9,14-18H2,1-2H3,(H,31,32). The second-order valence-corrected chi connectivity index (χ2v) is 10.9. The quantitative estimate of drug-likeness (QED) is 0.395. The molecule has 1 aliphatic heterocycles. The fourth-order valence-electron chi connectivity index (χ4n) is 4.79. The summed E-state index contributed by atoms with van der Waals surface area (Å²) in [6, 6.07) is 11.7. The van der Waals surface area contributed by atoms with Crippen LogP contribution in [0.5, 0.6) is 0 Å². The largest absolute Gasteiger partial charge is 0.381 e. The first-order valence-electron chi connectivity index (χ1n) is 12.3. The summed E-state index contributed by atoms with van der Waals surface area (Å²) >= 11 is 7.93. The molecule has 1 saturated heterocycles. The molecule has 1 aliphatic carbocycles. The molecule has 0 saturated carbocycles. The van der Waals surface area contributed by atoms with E-state index in [0.29, 0.717) is 55.0 Å². The molecule has 0 spiro atoms. The number of nitrogens with one attached hydrogen (secondary N) is 1. The highest BCUT2D eigenvalue weighted by Gasteiger charge is 2.40. The Kier molecular flexibility index (Phi) is 8.92. The lowest BCUT2D eigenvalue weighted by atomic mass is 9.84. The maximum atomic E-state index is 15.2. The van der Waals surface area contributed by atoms with Crippen LogP contribution in [0, 0.1) is 12.7 Å². The van der Waals surface area contributed by atoms with Crippen LogP contribution < -0.4 is 5.32 Å². The van der Waals surface area contributed by atoms with E-state index in [-0.39, 0.29) is 17.8 Å². The van der Waals surface area contributed by atoms with Crippen molar-refractivity contribution < 1.29 is 18.7 Å². The van der Waals surface area contributed by atoms with Crippen molar-refractivity contribution >= 4 is 29.3 Å². The fraction of sp³-hybridized carbons (Fsp3) is 0.464. The number of rotatable bonds is 8. The predicted molar refractivity (Wildman–Crippen MR) is 139 cm³/mol. The lowest BCUT2D eigenvalue weighted by molar-refractivity contribution is -0.152. The van der Waals surface area contributed by atoms with Crippen LogP contribution in [0.25, 0.3) is 0 Å². The summed E-state index contributed by atoms with van der Waals surface area (Å²) in [5.41, 5.74) is 2.23. The van der Waals surface area contributed by atoms with Crippen LogP contribution in [-0.2, 0) is 26.3 Å². The Morgan fingerprint density at radius 1 is 1.23 bits per heavy atom. The van der Waals surface area contributed by atoms with Crippen molar-refractivity contribution in [3.05, 3.63) is 75.7 Å².